The van der Waals surface area contributed by atoms with E-state index in [2.05, 4.69) is 9.34 Å². The second kappa shape index (κ2) is 5.93. The van der Waals surface area contributed by atoms with Crippen LogP contribution in [-0.4, -0.2) is 33.6 Å². The SMILES string of the molecule is COS(=O)(=O)CCCON=C(C)C. The fraction of sp³-hybridized carbons (Fsp3) is 0.857. The Morgan fingerprint density at radius 1 is 1.38 bits per heavy atom. The highest BCUT2D eigenvalue weighted by molar-refractivity contribution is 7.86. The lowest BCUT2D eigenvalue weighted by molar-refractivity contribution is 0.144. The summed E-state index contributed by atoms with van der Waals surface area (Å²) in [5.74, 6) is -0.0399. The third-order valence-electron chi connectivity index (χ3n) is 1.13. The van der Waals surface area contributed by atoms with Crippen LogP contribution >= 0.6 is 0 Å². The molecule has 0 aliphatic carbocycles. The Morgan fingerprint density at radius 3 is 2.46 bits per heavy atom. The maximum absolute atomic E-state index is 10.8. The molecule has 6 heteroatoms. The predicted octanol–water partition coefficient (Wildman–Crippen LogP) is 0.765. The van der Waals surface area contributed by atoms with Crippen LogP contribution in [0.15, 0.2) is 5.16 Å². The highest BCUT2D eigenvalue weighted by Gasteiger charge is 2.07. The molecule has 0 rings (SSSR count). The Kier molecular flexibility index (Phi) is 5.65. The van der Waals surface area contributed by atoms with Gasteiger partial charge in [-0.05, 0) is 13.8 Å². The van der Waals surface area contributed by atoms with Crippen molar-refractivity contribution in [2.75, 3.05) is 19.5 Å². The van der Waals surface area contributed by atoms with Gasteiger partial charge in [0.1, 0.15) is 6.61 Å². The highest BCUT2D eigenvalue weighted by atomic mass is 32.2. The first-order valence-electron chi connectivity index (χ1n) is 3.89. The summed E-state index contributed by atoms with van der Waals surface area (Å²) in [6.45, 7) is 3.88. The van der Waals surface area contributed by atoms with Crippen LogP contribution in [0.5, 0.6) is 0 Å². The van der Waals surface area contributed by atoms with E-state index in [1.54, 1.807) is 13.8 Å². The average molecular weight is 209 g/mol. The summed E-state index contributed by atoms with van der Waals surface area (Å²) in [5, 5.41) is 3.65. The Bertz CT molecular complexity index is 254. The first kappa shape index (κ1) is 12.4. The first-order chi connectivity index (χ1) is 5.98. The number of oxime groups is 1. The van der Waals surface area contributed by atoms with Crippen molar-refractivity contribution in [1.82, 2.24) is 0 Å². The zero-order valence-electron chi connectivity index (χ0n) is 8.11. The molecule has 13 heavy (non-hydrogen) atoms. The minimum atomic E-state index is -3.35. The van der Waals surface area contributed by atoms with Gasteiger partial charge in [0.2, 0.25) is 0 Å². The van der Waals surface area contributed by atoms with Crippen molar-refractivity contribution < 1.29 is 17.4 Å². The molecule has 0 unspecified atom stereocenters. The van der Waals surface area contributed by atoms with E-state index < -0.39 is 10.1 Å². The van der Waals surface area contributed by atoms with Crippen LogP contribution in [-0.2, 0) is 19.1 Å². The molecule has 5 nitrogen and oxygen atoms in total. The van der Waals surface area contributed by atoms with Gasteiger partial charge in [0.05, 0.1) is 18.6 Å². The molecule has 0 amide bonds. The Labute approximate surface area is 78.8 Å². The number of hydrogen-bond acceptors (Lipinski definition) is 5. The summed E-state index contributed by atoms with van der Waals surface area (Å²) < 4.78 is 25.8. The third kappa shape index (κ3) is 7.73. The van der Waals surface area contributed by atoms with Crippen molar-refractivity contribution in [3.8, 4) is 0 Å². The predicted molar refractivity (Wildman–Crippen MR) is 50.1 cm³/mol. The van der Waals surface area contributed by atoms with E-state index >= 15 is 0 Å². The van der Waals surface area contributed by atoms with Crippen molar-refractivity contribution in [2.24, 2.45) is 5.16 Å². The summed E-state index contributed by atoms with van der Waals surface area (Å²) in [7, 11) is -2.21. The van der Waals surface area contributed by atoms with E-state index in [1.165, 1.54) is 0 Å². The van der Waals surface area contributed by atoms with Gasteiger partial charge in [0, 0.05) is 6.42 Å². The molecule has 0 aliphatic rings. The van der Waals surface area contributed by atoms with E-state index in [0.29, 0.717) is 6.42 Å². The minimum absolute atomic E-state index is 0.0399. The molecule has 0 saturated carbocycles. The molecule has 0 heterocycles. The summed E-state index contributed by atoms with van der Waals surface area (Å²) in [6, 6.07) is 0. The first-order valence-corrected chi connectivity index (χ1v) is 5.47. The quantitative estimate of drug-likeness (QED) is 0.280. The fourth-order valence-electron chi connectivity index (χ4n) is 0.558. The van der Waals surface area contributed by atoms with E-state index in [4.69, 9.17) is 4.84 Å². The molecule has 0 spiro atoms. The van der Waals surface area contributed by atoms with Crippen molar-refractivity contribution in [1.29, 1.82) is 0 Å². The van der Waals surface area contributed by atoms with Crippen LogP contribution in [0.25, 0.3) is 0 Å². The molecule has 0 aromatic carbocycles. The third-order valence-corrected chi connectivity index (χ3v) is 2.43. The molecular weight excluding hydrogens is 194 g/mol. The summed E-state index contributed by atoms with van der Waals surface area (Å²) in [4.78, 5) is 4.80. The number of nitrogens with zero attached hydrogens (tertiary/aromatic N) is 1. The van der Waals surface area contributed by atoms with Gasteiger partial charge in [-0.3, -0.25) is 4.18 Å². The van der Waals surface area contributed by atoms with Gasteiger partial charge in [-0.25, -0.2) is 0 Å². The summed E-state index contributed by atoms with van der Waals surface area (Å²) in [6.07, 6.45) is 0.382. The molecule has 0 bridgehead atoms. The number of hydrogen-bond donors (Lipinski definition) is 0. The molecule has 78 valence electrons. The maximum atomic E-state index is 10.8. The molecule has 0 aromatic rings. The van der Waals surface area contributed by atoms with E-state index in [1.807, 2.05) is 0 Å². The molecule has 0 atom stereocenters. The Balaban J connectivity index is 3.53. The second-order valence-corrected chi connectivity index (χ2v) is 4.51. The van der Waals surface area contributed by atoms with Crippen molar-refractivity contribution >= 4 is 15.8 Å². The van der Waals surface area contributed by atoms with Crippen LogP contribution in [0.1, 0.15) is 20.3 Å². The zero-order valence-corrected chi connectivity index (χ0v) is 8.93. The lowest BCUT2D eigenvalue weighted by atomic mass is 10.5. The summed E-state index contributed by atoms with van der Waals surface area (Å²) in [5.41, 5.74) is 0.801. The van der Waals surface area contributed by atoms with Crippen molar-refractivity contribution in [2.45, 2.75) is 20.3 Å². The van der Waals surface area contributed by atoms with Crippen molar-refractivity contribution in [3.63, 3.8) is 0 Å². The molecule has 0 aliphatic heterocycles. The molecule has 0 N–H and O–H groups in total. The molecule has 0 saturated heterocycles. The normalized spacial score (nSPS) is 11.0. The Hall–Kier alpha value is -0.620. The van der Waals surface area contributed by atoms with E-state index in [9.17, 15) is 8.42 Å². The molecule has 0 aromatic heterocycles. The van der Waals surface area contributed by atoms with Crippen LogP contribution in [0.4, 0.5) is 0 Å². The van der Waals surface area contributed by atoms with Crippen molar-refractivity contribution in [3.05, 3.63) is 0 Å². The van der Waals surface area contributed by atoms with Crippen LogP contribution < -0.4 is 0 Å². The zero-order chi connectivity index (χ0) is 10.3. The standard InChI is InChI=1S/C7H15NO4S/c1-7(2)8-12-5-4-6-13(9,10)11-3/h4-6H2,1-3H3. The van der Waals surface area contributed by atoms with E-state index in [0.717, 1.165) is 12.8 Å². The van der Waals surface area contributed by atoms with Gasteiger partial charge < -0.3 is 4.84 Å². The van der Waals surface area contributed by atoms with Gasteiger partial charge >= 0.3 is 0 Å². The largest absolute Gasteiger partial charge is 0.396 e. The second-order valence-electron chi connectivity index (χ2n) is 2.65. The van der Waals surface area contributed by atoms with E-state index in [-0.39, 0.29) is 12.4 Å². The molecule has 0 radical (unpaired) electrons. The maximum Gasteiger partial charge on any atom is 0.267 e. The molecular formula is C7H15NO4S. The minimum Gasteiger partial charge on any atom is -0.396 e. The Morgan fingerprint density at radius 2 is 2.00 bits per heavy atom. The highest BCUT2D eigenvalue weighted by Crippen LogP contribution is 1.94. The van der Waals surface area contributed by atoms with Crippen LogP contribution in [0.3, 0.4) is 0 Å². The fourth-order valence-corrected chi connectivity index (χ4v) is 1.20. The van der Waals surface area contributed by atoms with Gasteiger partial charge in [-0.15, -0.1) is 0 Å². The molecule has 0 fully saturated rings. The lowest BCUT2D eigenvalue weighted by Crippen LogP contribution is -2.09. The summed E-state index contributed by atoms with van der Waals surface area (Å²) >= 11 is 0. The average Bonchev–Trinajstić information content (AvgIpc) is 2.03. The smallest absolute Gasteiger partial charge is 0.267 e. The topological polar surface area (TPSA) is 65.0 Å². The van der Waals surface area contributed by atoms with Gasteiger partial charge in [0.15, 0.2) is 0 Å². The lowest BCUT2D eigenvalue weighted by Gasteiger charge is -2.00. The number of rotatable bonds is 6. The van der Waals surface area contributed by atoms with Crippen LogP contribution in [0.2, 0.25) is 0 Å². The van der Waals surface area contributed by atoms with Crippen LogP contribution in [0, 0.1) is 0 Å². The monoisotopic (exact) mass is 209 g/mol. The van der Waals surface area contributed by atoms with Gasteiger partial charge in [-0.1, -0.05) is 5.16 Å². The van der Waals surface area contributed by atoms with Gasteiger partial charge in [0.25, 0.3) is 10.1 Å². The van der Waals surface area contributed by atoms with Gasteiger partial charge in [-0.2, -0.15) is 8.42 Å².